The van der Waals surface area contributed by atoms with E-state index in [4.69, 9.17) is 4.42 Å². The number of aromatic nitrogens is 3. The van der Waals surface area contributed by atoms with Gasteiger partial charge in [-0.2, -0.15) is 0 Å². The van der Waals surface area contributed by atoms with Crippen molar-refractivity contribution >= 4 is 37.4 Å². The van der Waals surface area contributed by atoms with E-state index in [-0.39, 0.29) is 12.0 Å². The van der Waals surface area contributed by atoms with Crippen LogP contribution in [0.15, 0.2) is 29.0 Å². The smallest absolute Gasteiger partial charge is 0.368 e. The number of aromatic hydroxyl groups is 2. The zero-order valence-corrected chi connectivity index (χ0v) is 15.0. The first kappa shape index (κ1) is 18.1. The number of hydrogen-bond acceptors (Lipinski definition) is 10. The molecule has 130 valence electrons. The van der Waals surface area contributed by atoms with Gasteiger partial charge in [0.05, 0.1) is 0 Å². The van der Waals surface area contributed by atoms with E-state index in [0.717, 1.165) is 6.26 Å². The predicted octanol–water partition coefficient (Wildman–Crippen LogP) is 1.80. The lowest BCUT2D eigenvalue weighted by Crippen LogP contribution is -2.06. The molecule has 0 bridgehead atoms. The van der Waals surface area contributed by atoms with Crippen LogP contribution in [0, 0.1) is 0 Å². The van der Waals surface area contributed by atoms with Crippen LogP contribution in [-0.2, 0) is 9.84 Å². The van der Waals surface area contributed by atoms with Crippen molar-refractivity contribution in [3.8, 4) is 11.8 Å². The normalized spacial score (nSPS) is 12.4. The maximum Gasteiger partial charge on any atom is 0.368 e. The SMILES string of the molecule is CC(C)n1c(O)nnc1N=Nc1c(O)c(S(C)(=O)=O)c(Br)oc1=O. The van der Waals surface area contributed by atoms with Crippen LogP contribution in [-0.4, -0.2) is 39.7 Å². The van der Waals surface area contributed by atoms with Crippen LogP contribution >= 0.6 is 15.9 Å². The van der Waals surface area contributed by atoms with Crippen LogP contribution in [0.4, 0.5) is 11.6 Å². The Balaban J connectivity index is 2.62. The molecule has 0 radical (unpaired) electrons. The van der Waals surface area contributed by atoms with Gasteiger partial charge in [-0.3, -0.25) is 4.57 Å². The summed E-state index contributed by atoms with van der Waals surface area (Å²) in [6.45, 7) is 3.44. The van der Waals surface area contributed by atoms with Gasteiger partial charge in [0.2, 0.25) is 5.69 Å². The summed E-state index contributed by atoms with van der Waals surface area (Å²) >= 11 is 2.76. The Morgan fingerprint density at radius 1 is 1.25 bits per heavy atom. The molecule has 0 atom stereocenters. The molecule has 0 fully saturated rings. The summed E-state index contributed by atoms with van der Waals surface area (Å²) in [4.78, 5) is 11.2. The molecular weight excluding hydrogens is 410 g/mol. The third-order valence-electron chi connectivity index (χ3n) is 2.78. The summed E-state index contributed by atoms with van der Waals surface area (Å²) in [6.07, 6.45) is 0.821. The molecule has 0 spiro atoms. The molecule has 0 aliphatic heterocycles. The van der Waals surface area contributed by atoms with Gasteiger partial charge in [-0.15, -0.1) is 15.3 Å². The van der Waals surface area contributed by atoms with E-state index in [1.807, 2.05) is 0 Å². The third kappa shape index (κ3) is 3.31. The lowest BCUT2D eigenvalue weighted by molar-refractivity contribution is 0.383. The number of azo groups is 1. The molecule has 0 unspecified atom stereocenters. The molecule has 2 N–H and O–H groups in total. The van der Waals surface area contributed by atoms with Gasteiger partial charge in [0.1, 0.15) is 0 Å². The fourth-order valence-electron chi connectivity index (χ4n) is 1.78. The fraction of sp³-hybridized carbons (Fsp3) is 0.364. The summed E-state index contributed by atoms with van der Waals surface area (Å²) in [6, 6.07) is -0.682. The molecular formula is C11H12BrN5O6S. The van der Waals surface area contributed by atoms with Crippen molar-refractivity contribution in [2.24, 2.45) is 10.2 Å². The van der Waals surface area contributed by atoms with Crippen molar-refractivity contribution in [3.63, 3.8) is 0 Å². The zero-order valence-electron chi connectivity index (χ0n) is 12.6. The van der Waals surface area contributed by atoms with Gasteiger partial charge in [-0.25, -0.2) is 13.2 Å². The largest absolute Gasteiger partial charge is 0.504 e. The number of nitrogens with zero attached hydrogens (tertiary/aromatic N) is 5. The molecule has 2 heterocycles. The van der Waals surface area contributed by atoms with Crippen LogP contribution in [0.5, 0.6) is 11.8 Å². The van der Waals surface area contributed by atoms with Gasteiger partial charge in [-0.1, -0.05) is 5.10 Å². The number of hydrogen-bond donors (Lipinski definition) is 2. The minimum atomic E-state index is -3.91. The topological polar surface area (TPSA) is 160 Å². The Hall–Kier alpha value is -2.28. The Bertz CT molecular complexity index is 978. The minimum absolute atomic E-state index is 0.148. The summed E-state index contributed by atoms with van der Waals surface area (Å²) in [7, 11) is -3.91. The highest BCUT2D eigenvalue weighted by atomic mass is 79.9. The number of rotatable bonds is 4. The Morgan fingerprint density at radius 3 is 2.42 bits per heavy atom. The predicted molar refractivity (Wildman–Crippen MR) is 83.7 cm³/mol. The van der Waals surface area contributed by atoms with E-state index in [0.29, 0.717) is 0 Å². The van der Waals surface area contributed by atoms with Crippen molar-refractivity contribution in [3.05, 3.63) is 15.1 Å². The molecule has 2 aromatic heterocycles. The van der Waals surface area contributed by atoms with Gasteiger partial charge < -0.3 is 14.6 Å². The average molecular weight is 422 g/mol. The van der Waals surface area contributed by atoms with E-state index in [1.54, 1.807) is 13.8 Å². The molecule has 0 saturated carbocycles. The van der Waals surface area contributed by atoms with Gasteiger partial charge in [0, 0.05) is 12.3 Å². The molecule has 2 aromatic rings. The number of sulfone groups is 1. The van der Waals surface area contributed by atoms with Crippen LogP contribution in [0.25, 0.3) is 0 Å². The first-order valence-corrected chi connectivity index (χ1v) is 9.03. The highest BCUT2D eigenvalue weighted by Crippen LogP contribution is 2.36. The van der Waals surface area contributed by atoms with Crippen molar-refractivity contribution in [2.75, 3.05) is 6.26 Å². The molecule has 11 nitrogen and oxygen atoms in total. The molecule has 2 rings (SSSR count). The minimum Gasteiger partial charge on any atom is -0.504 e. The average Bonchev–Trinajstić information content (AvgIpc) is 2.77. The summed E-state index contributed by atoms with van der Waals surface area (Å²) in [5, 5.41) is 33.7. The fourth-order valence-corrected chi connectivity index (χ4v) is 3.78. The van der Waals surface area contributed by atoms with Crippen molar-refractivity contribution in [2.45, 2.75) is 24.8 Å². The van der Waals surface area contributed by atoms with Gasteiger partial charge in [0.15, 0.2) is 25.2 Å². The summed E-state index contributed by atoms with van der Waals surface area (Å²) in [5.74, 6) is -1.06. The van der Waals surface area contributed by atoms with Crippen molar-refractivity contribution in [1.82, 2.24) is 14.8 Å². The standard InChI is InChI=1S/C11H12BrN5O6S/c1-4(2)17-10(15-16-11(17)20)14-13-5-6(18)7(24(3,21)22)8(12)23-9(5)19/h4,18H,1-3H3,(H,16,20). The Morgan fingerprint density at radius 2 is 1.88 bits per heavy atom. The van der Waals surface area contributed by atoms with E-state index in [2.05, 4.69) is 36.4 Å². The van der Waals surface area contributed by atoms with E-state index < -0.39 is 42.5 Å². The Labute approximate surface area is 143 Å². The highest BCUT2D eigenvalue weighted by Gasteiger charge is 2.26. The molecule has 13 heteroatoms. The molecule has 0 aromatic carbocycles. The molecule has 24 heavy (non-hydrogen) atoms. The second-order valence-corrected chi connectivity index (χ2v) is 7.60. The number of halogens is 1. The first-order chi connectivity index (χ1) is 11.0. The van der Waals surface area contributed by atoms with Crippen LogP contribution in [0.3, 0.4) is 0 Å². The van der Waals surface area contributed by atoms with Gasteiger partial charge >= 0.3 is 11.6 Å². The quantitative estimate of drug-likeness (QED) is 0.706. The van der Waals surface area contributed by atoms with E-state index in [9.17, 15) is 23.4 Å². The van der Waals surface area contributed by atoms with E-state index >= 15 is 0 Å². The Kier molecular flexibility index (Phi) is 4.75. The highest BCUT2D eigenvalue weighted by molar-refractivity contribution is 9.10. The second-order valence-electron chi connectivity index (χ2n) is 4.93. The molecule has 0 aliphatic carbocycles. The molecule has 0 amide bonds. The summed E-state index contributed by atoms with van der Waals surface area (Å²) < 4.78 is 28.8. The van der Waals surface area contributed by atoms with Crippen molar-refractivity contribution < 1.29 is 23.0 Å². The lowest BCUT2D eigenvalue weighted by Gasteiger charge is -2.07. The van der Waals surface area contributed by atoms with Crippen LogP contribution in [0.2, 0.25) is 0 Å². The maximum absolute atomic E-state index is 11.8. The summed E-state index contributed by atoms with van der Waals surface area (Å²) in [5.41, 5.74) is -1.84. The lowest BCUT2D eigenvalue weighted by atomic mass is 10.4. The van der Waals surface area contributed by atoms with Crippen LogP contribution < -0.4 is 5.63 Å². The second kappa shape index (κ2) is 6.32. The zero-order chi connectivity index (χ0) is 18.2. The monoisotopic (exact) mass is 421 g/mol. The van der Waals surface area contributed by atoms with Crippen molar-refractivity contribution in [1.29, 1.82) is 0 Å². The van der Waals surface area contributed by atoms with E-state index in [1.165, 1.54) is 4.57 Å². The van der Waals surface area contributed by atoms with Gasteiger partial charge in [-0.05, 0) is 29.8 Å². The molecule has 0 aliphatic rings. The van der Waals surface area contributed by atoms with Crippen LogP contribution in [0.1, 0.15) is 19.9 Å². The first-order valence-electron chi connectivity index (χ1n) is 6.35. The maximum atomic E-state index is 11.8. The van der Waals surface area contributed by atoms with Gasteiger partial charge in [0.25, 0.3) is 5.95 Å². The molecule has 0 saturated heterocycles. The third-order valence-corrected chi connectivity index (χ3v) is 4.72.